The molecule has 2 heterocycles. The standard InChI is InChI=1S/C11H19N3O2S2/c1-9-13-6-11(17-9)7-14-18(15,16)8-10-3-2-4-12-5-10/h6,10,12,14H,2-5,7-8H2,1H3. The van der Waals surface area contributed by atoms with Gasteiger partial charge in [0.25, 0.3) is 0 Å². The molecule has 7 heteroatoms. The van der Waals surface area contributed by atoms with E-state index in [-0.39, 0.29) is 11.7 Å². The fourth-order valence-electron chi connectivity index (χ4n) is 2.10. The fraction of sp³-hybridized carbons (Fsp3) is 0.727. The van der Waals surface area contributed by atoms with E-state index in [4.69, 9.17) is 0 Å². The van der Waals surface area contributed by atoms with E-state index < -0.39 is 10.0 Å². The molecule has 1 aromatic rings. The average Bonchev–Trinajstić information content (AvgIpc) is 2.74. The minimum atomic E-state index is -3.18. The quantitative estimate of drug-likeness (QED) is 0.844. The molecule has 1 unspecified atom stereocenters. The van der Waals surface area contributed by atoms with Crippen molar-refractivity contribution in [3.05, 3.63) is 16.1 Å². The first-order valence-electron chi connectivity index (χ1n) is 6.14. The van der Waals surface area contributed by atoms with E-state index >= 15 is 0 Å². The van der Waals surface area contributed by atoms with Gasteiger partial charge in [-0.05, 0) is 38.8 Å². The van der Waals surface area contributed by atoms with Crippen LogP contribution < -0.4 is 10.0 Å². The Hall–Kier alpha value is -0.500. The zero-order chi connectivity index (χ0) is 13.0. The molecule has 1 aliphatic heterocycles. The van der Waals surface area contributed by atoms with Crippen LogP contribution in [0.2, 0.25) is 0 Å². The monoisotopic (exact) mass is 289 g/mol. The van der Waals surface area contributed by atoms with Crippen LogP contribution in [0.15, 0.2) is 6.20 Å². The molecule has 2 N–H and O–H groups in total. The lowest BCUT2D eigenvalue weighted by atomic mass is 10.0. The summed E-state index contributed by atoms with van der Waals surface area (Å²) in [7, 11) is -3.18. The molecule has 0 amide bonds. The largest absolute Gasteiger partial charge is 0.316 e. The lowest BCUT2D eigenvalue weighted by Gasteiger charge is -2.22. The molecule has 0 spiro atoms. The molecule has 0 saturated carbocycles. The van der Waals surface area contributed by atoms with Gasteiger partial charge in [-0.15, -0.1) is 11.3 Å². The van der Waals surface area contributed by atoms with Gasteiger partial charge in [0.2, 0.25) is 10.0 Å². The summed E-state index contributed by atoms with van der Waals surface area (Å²) in [6.45, 7) is 4.08. The van der Waals surface area contributed by atoms with Crippen LogP contribution in [-0.4, -0.2) is 32.2 Å². The third kappa shape index (κ3) is 4.31. The maximum atomic E-state index is 11.9. The molecule has 102 valence electrons. The molecule has 0 aliphatic carbocycles. The number of nitrogens with one attached hydrogen (secondary N) is 2. The van der Waals surface area contributed by atoms with Gasteiger partial charge < -0.3 is 5.32 Å². The fourth-order valence-corrected chi connectivity index (χ4v) is 4.33. The van der Waals surface area contributed by atoms with Crippen molar-refractivity contribution in [3.8, 4) is 0 Å². The van der Waals surface area contributed by atoms with Gasteiger partial charge in [-0.25, -0.2) is 18.1 Å². The second-order valence-electron chi connectivity index (χ2n) is 4.66. The minimum Gasteiger partial charge on any atom is -0.316 e. The molecule has 1 saturated heterocycles. The van der Waals surface area contributed by atoms with Gasteiger partial charge >= 0.3 is 0 Å². The minimum absolute atomic E-state index is 0.220. The van der Waals surface area contributed by atoms with Gasteiger partial charge in [-0.1, -0.05) is 0 Å². The maximum absolute atomic E-state index is 11.9. The smallest absolute Gasteiger partial charge is 0.212 e. The molecular weight excluding hydrogens is 270 g/mol. The first-order chi connectivity index (χ1) is 8.55. The van der Waals surface area contributed by atoms with Crippen molar-refractivity contribution in [2.24, 2.45) is 5.92 Å². The van der Waals surface area contributed by atoms with Crippen molar-refractivity contribution in [1.29, 1.82) is 0 Å². The van der Waals surface area contributed by atoms with E-state index in [9.17, 15) is 8.42 Å². The van der Waals surface area contributed by atoms with Crippen molar-refractivity contribution in [1.82, 2.24) is 15.0 Å². The van der Waals surface area contributed by atoms with Crippen molar-refractivity contribution < 1.29 is 8.42 Å². The van der Waals surface area contributed by atoms with E-state index in [1.165, 1.54) is 11.3 Å². The average molecular weight is 289 g/mol. The zero-order valence-corrected chi connectivity index (χ0v) is 12.1. The summed E-state index contributed by atoms with van der Waals surface area (Å²) in [4.78, 5) is 5.06. The van der Waals surface area contributed by atoms with Crippen LogP contribution in [0.25, 0.3) is 0 Å². The van der Waals surface area contributed by atoms with Crippen LogP contribution in [-0.2, 0) is 16.6 Å². The Balaban J connectivity index is 1.83. The van der Waals surface area contributed by atoms with Crippen molar-refractivity contribution in [2.45, 2.75) is 26.3 Å². The number of aryl methyl sites for hydroxylation is 1. The number of sulfonamides is 1. The summed E-state index contributed by atoms with van der Waals surface area (Å²) in [5, 5.41) is 4.19. The number of hydrogen-bond acceptors (Lipinski definition) is 5. The topological polar surface area (TPSA) is 71.1 Å². The Morgan fingerprint density at radius 2 is 2.44 bits per heavy atom. The highest BCUT2D eigenvalue weighted by molar-refractivity contribution is 7.89. The van der Waals surface area contributed by atoms with E-state index in [1.807, 2.05) is 6.92 Å². The van der Waals surface area contributed by atoms with Gasteiger partial charge in [0.05, 0.1) is 10.8 Å². The molecule has 0 aromatic carbocycles. The lowest BCUT2D eigenvalue weighted by molar-refractivity contribution is 0.402. The van der Waals surface area contributed by atoms with Crippen LogP contribution in [0.1, 0.15) is 22.7 Å². The highest BCUT2D eigenvalue weighted by atomic mass is 32.2. The summed E-state index contributed by atoms with van der Waals surface area (Å²) in [5.74, 6) is 0.456. The zero-order valence-electron chi connectivity index (χ0n) is 10.5. The number of aromatic nitrogens is 1. The van der Waals surface area contributed by atoms with Crippen LogP contribution in [0.5, 0.6) is 0 Å². The highest BCUT2D eigenvalue weighted by Crippen LogP contribution is 2.14. The lowest BCUT2D eigenvalue weighted by Crippen LogP contribution is -2.37. The molecule has 0 bridgehead atoms. The van der Waals surface area contributed by atoms with Gasteiger partial charge in [0.1, 0.15) is 0 Å². The van der Waals surface area contributed by atoms with Gasteiger partial charge in [0.15, 0.2) is 0 Å². The summed E-state index contributed by atoms with van der Waals surface area (Å²) in [6, 6.07) is 0. The summed E-state index contributed by atoms with van der Waals surface area (Å²) in [5.41, 5.74) is 0. The molecule has 2 rings (SSSR count). The third-order valence-corrected chi connectivity index (χ3v) is 5.40. The van der Waals surface area contributed by atoms with Crippen molar-refractivity contribution in [3.63, 3.8) is 0 Å². The Morgan fingerprint density at radius 3 is 3.06 bits per heavy atom. The second kappa shape index (κ2) is 6.10. The molecule has 1 aromatic heterocycles. The predicted molar refractivity (Wildman–Crippen MR) is 73.1 cm³/mol. The normalized spacial score (nSPS) is 21.1. The van der Waals surface area contributed by atoms with Gasteiger partial charge in [-0.2, -0.15) is 0 Å². The summed E-state index contributed by atoms with van der Waals surface area (Å²) < 4.78 is 26.5. The molecular formula is C11H19N3O2S2. The molecule has 1 aliphatic rings. The number of thiazole rings is 1. The number of nitrogens with zero attached hydrogens (tertiary/aromatic N) is 1. The number of hydrogen-bond donors (Lipinski definition) is 2. The molecule has 5 nitrogen and oxygen atoms in total. The molecule has 0 radical (unpaired) electrons. The Kier molecular flexibility index (Phi) is 4.71. The van der Waals surface area contributed by atoms with Crippen LogP contribution >= 0.6 is 11.3 Å². The molecule has 1 fully saturated rings. The Labute approximate surface area is 112 Å². The van der Waals surface area contributed by atoms with Crippen molar-refractivity contribution in [2.75, 3.05) is 18.8 Å². The molecule has 18 heavy (non-hydrogen) atoms. The maximum Gasteiger partial charge on any atom is 0.212 e. The Morgan fingerprint density at radius 1 is 1.61 bits per heavy atom. The Bertz CT molecular complexity index is 478. The van der Waals surface area contributed by atoms with E-state index in [0.717, 1.165) is 35.8 Å². The predicted octanol–water partition coefficient (Wildman–Crippen LogP) is 0.871. The van der Waals surface area contributed by atoms with Crippen molar-refractivity contribution >= 4 is 21.4 Å². The third-order valence-electron chi connectivity index (χ3n) is 2.99. The molecule has 1 atom stereocenters. The van der Waals surface area contributed by atoms with E-state index in [2.05, 4.69) is 15.0 Å². The van der Waals surface area contributed by atoms with Crippen LogP contribution in [0.4, 0.5) is 0 Å². The number of piperidine rings is 1. The highest BCUT2D eigenvalue weighted by Gasteiger charge is 2.20. The van der Waals surface area contributed by atoms with Crippen LogP contribution in [0.3, 0.4) is 0 Å². The van der Waals surface area contributed by atoms with E-state index in [0.29, 0.717) is 6.54 Å². The van der Waals surface area contributed by atoms with E-state index in [1.54, 1.807) is 6.20 Å². The summed E-state index contributed by atoms with van der Waals surface area (Å²) >= 11 is 1.52. The second-order valence-corrected chi connectivity index (χ2v) is 7.83. The first-order valence-corrected chi connectivity index (χ1v) is 8.61. The first kappa shape index (κ1) is 13.9. The van der Waals surface area contributed by atoms with Gasteiger partial charge in [0, 0.05) is 17.6 Å². The summed E-state index contributed by atoms with van der Waals surface area (Å²) in [6.07, 6.45) is 3.78. The van der Waals surface area contributed by atoms with Gasteiger partial charge in [-0.3, -0.25) is 0 Å². The SMILES string of the molecule is Cc1ncc(CNS(=O)(=O)CC2CCCNC2)s1. The van der Waals surface area contributed by atoms with Crippen LogP contribution in [0, 0.1) is 12.8 Å². The number of rotatable bonds is 5.